The molecule has 0 aromatic carbocycles. The SMILES string of the molecule is Cl.Cl.NC(=O)c1cc(-c2ccncc2)[nH]c1C1CCNCC1. The highest BCUT2D eigenvalue weighted by molar-refractivity contribution is 5.95. The molecule has 1 saturated heterocycles. The van der Waals surface area contributed by atoms with E-state index in [-0.39, 0.29) is 30.7 Å². The average Bonchev–Trinajstić information content (AvgIpc) is 2.94. The molecule has 7 heteroatoms. The summed E-state index contributed by atoms with van der Waals surface area (Å²) in [5.41, 5.74) is 9.06. The molecule has 4 N–H and O–H groups in total. The highest BCUT2D eigenvalue weighted by Gasteiger charge is 2.23. The normalized spacial score (nSPS) is 14.7. The van der Waals surface area contributed by atoms with Gasteiger partial charge in [0.15, 0.2) is 0 Å². The lowest BCUT2D eigenvalue weighted by Gasteiger charge is -2.22. The average molecular weight is 343 g/mol. The minimum Gasteiger partial charge on any atom is -0.366 e. The number of piperidine rings is 1. The Labute approximate surface area is 141 Å². The third-order valence-corrected chi connectivity index (χ3v) is 3.85. The molecule has 0 atom stereocenters. The summed E-state index contributed by atoms with van der Waals surface area (Å²) in [5.74, 6) is 0.00410. The maximum absolute atomic E-state index is 11.7. The lowest BCUT2D eigenvalue weighted by molar-refractivity contribution is 0.0999. The molecule has 3 rings (SSSR count). The molecule has 1 amide bonds. The Kier molecular flexibility index (Phi) is 6.87. The van der Waals surface area contributed by atoms with Crippen LogP contribution in [0.15, 0.2) is 30.6 Å². The van der Waals surface area contributed by atoms with E-state index >= 15 is 0 Å². The van der Waals surface area contributed by atoms with Gasteiger partial charge in [-0.2, -0.15) is 0 Å². The van der Waals surface area contributed by atoms with Crippen LogP contribution >= 0.6 is 24.8 Å². The van der Waals surface area contributed by atoms with Gasteiger partial charge in [0.2, 0.25) is 0 Å². The zero-order chi connectivity index (χ0) is 13.9. The topological polar surface area (TPSA) is 83.8 Å². The number of aromatic nitrogens is 2. The largest absolute Gasteiger partial charge is 0.366 e. The monoisotopic (exact) mass is 342 g/mol. The molecule has 0 unspecified atom stereocenters. The summed E-state index contributed by atoms with van der Waals surface area (Å²) in [6, 6.07) is 5.70. The number of rotatable bonds is 3. The standard InChI is InChI=1S/C15H18N4O.2ClH/c16-15(20)12-9-13(10-1-5-17-6-2-10)19-14(12)11-3-7-18-8-4-11;;/h1-2,5-6,9,11,18-19H,3-4,7-8H2,(H2,16,20);2*1H. The Bertz CT molecular complexity index is 609. The van der Waals surface area contributed by atoms with Gasteiger partial charge in [-0.15, -0.1) is 24.8 Å². The number of amides is 1. The van der Waals surface area contributed by atoms with Crippen molar-refractivity contribution in [2.24, 2.45) is 5.73 Å². The predicted molar refractivity (Wildman–Crippen MR) is 91.9 cm³/mol. The lowest BCUT2D eigenvalue weighted by atomic mass is 9.92. The Morgan fingerprint density at radius 1 is 1.18 bits per heavy atom. The second kappa shape index (κ2) is 8.17. The van der Waals surface area contributed by atoms with Gasteiger partial charge in [-0.1, -0.05) is 0 Å². The minimum absolute atomic E-state index is 0. The molecule has 22 heavy (non-hydrogen) atoms. The van der Waals surface area contributed by atoms with Crippen LogP contribution in [0.1, 0.15) is 34.8 Å². The van der Waals surface area contributed by atoms with Gasteiger partial charge in [0.25, 0.3) is 5.91 Å². The highest BCUT2D eigenvalue weighted by atomic mass is 35.5. The van der Waals surface area contributed by atoms with Crippen molar-refractivity contribution < 1.29 is 4.79 Å². The predicted octanol–water partition coefficient (Wildman–Crippen LogP) is 2.49. The molecule has 0 spiro atoms. The van der Waals surface area contributed by atoms with Gasteiger partial charge in [-0.25, -0.2) is 0 Å². The molecular formula is C15H20Cl2N4O. The van der Waals surface area contributed by atoms with Crippen molar-refractivity contribution in [1.29, 1.82) is 0 Å². The van der Waals surface area contributed by atoms with Crippen LogP contribution in [-0.4, -0.2) is 29.0 Å². The van der Waals surface area contributed by atoms with E-state index in [2.05, 4.69) is 15.3 Å². The number of carbonyl (C=O) groups excluding carboxylic acids is 1. The summed E-state index contributed by atoms with van der Waals surface area (Å²) in [4.78, 5) is 19.1. The number of nitrogens with two attached hydrogens (primary N) is 1. The summed E-state index contributed by atoms with van der Waals surface area (Å²) >= 11 is 0. The van der Waals surface area contributed by atoms with Crippen LogP contribution < -0.4 is 11.1 Å². The molecular weight excluding hydrogens is 323 g/mol. The number of hydrogen-bond acceptors (Lipinski definition) is 3. The van der Waals surface area contributed by atoms with Gasteiger partial charge in [-0.05, 0) is 44.1 Å². The van der Waals surface area contributed by atoms with Crippen molar-refractivity contribution >= 4 is 30.7 Å². The molecule has 3 heterocycles. The minimum atomic E-state index is -0.366. The number of carbonyl (C=O) groups is 1. The highest BCUT2D eigenvalue weighted by Crippen LogP contribution is 2.31. The van der Waals surface area contributed by atoms with Gasteiger partial charge in [0.1, 0.15) is 0 Å². The van der Waals surface area contributed by atoms with E-state index in [0.29, 0.717) is 11.5 Å². The van der Waals surface area contributed by atoms with Crippen LogP contribution in [0.5, 0.6) is 0 Å². The summed E-state index contributed by atoms with van der Waals surface area (Å²) in [7, 11) is 0. The Morgan fingerprint density at radius 2 is 1.82 bits per heavy atom. The van der Waals surface area contributed by atoms with Crippen molar-refractivity contribution in [3.05, 3.63) is 41.9 Å². The Hall–Kier alpha value is -1.56. The number of aromatic amines is 1. The van der Waals surface area contributed by atoms with E-state index in [1.54, 1.807) is 12.4 Å². The molecule has 0 saturated carbocycles. The van der Waals surface area contributed by atoms with Crippen LogP contribution in [0.25, 0.3) is 11.3 Å². The van der Waals surface area contributed by atoms with Crippen LogP contribution in [0, 0.1) is 0 Å². The van der Waals surface area contributed by atoms with Crippen LogP contribution in [0.4, 0.5) is 0 Å². The summed E-state index contributed by atoms with van der Waals surface area (Å²) < 4.78 is 0. The molecule has 1 aliphatic rings. The number of halogens is 2. The van der Waals surface area contributed by atoms with E-state index in [1.807, 2.05) is 18.2 Å². The number of hydrogen-bond donors (Lipinski definition) is 3. The van der Waals surface area contributed by atoms with E-state index in [1.165, 1.54) is 0 Å². The molecule has 2 aromatic rings. The first-order valence-corrected chi connectivity index (χ1v) is 6.89. The molecule has 120 valence electrons. The summed E-state index contributed by atoms with van der Waals surface area (Å²) in [6.45, 7) is 1.96. The van der Waals surface area contributed by atoms with Crippen LogP contribution in [0.2, 0.25) is 0 Å². The van der Waals surface area contributed by atoms with Crippen molar-refractivity contribution in [3.63, 3.8) is 0 Å². The molecule has 0 aliphatic carbocycles. The molecule has 0 radical (unpaired) electrons. The molecule has 1 fully saturated rings. The first-order valence-electron chi connectivity index (χ1n) is 6.89. The zero-order valence-corrected chi connectivity index (χ0v) is 13.7. The van der Waals surface area contributed by atoms with E-state index < -0.39 is 0 Å². The zero-order valence-electron chi connectivity index (χ0n) is 12.0. The fourth-order valence-electron chi connectivity index (χ4n) is 2.79. The van der Waals surface area contributed by atoms with Gasteiger partial charge in [-0.3, -0.25) is 9.78 Å². The fourth-order valence-corrected chi connectivity index (χ4v) is 2.79. The summed E-state index contributed by atoms with van der Waals surface area (Å²) in [5, 5.41) is 3.33. The summed E-state index contributed by atoms with van der Waals surface area (Å²) in [6.07, 6.45) is 5.53. The van der Waals surface area contributed by atoms with E-state index in [9.17, 15) is 4.79 Å². The number of pyridine rings is 1. The van der Waals surface area contributed by atoms with Crippen LogP contribution in [0.3, 0.4) is 0 Å². The number of nitrogens with zero attached hydrogens (tertiary/aromatic N) is 1. The smallest absolute Gasteiger partial charge is 0.250 e. The third kappa shape index (κ3) is 3.80. The quantitative estimate of drug-likeness (QED) is 0.801. The maximum Gasteiger partial charge on any atom is 0.250 e. The van der Waals surface area contributed by atoms with Gasteiger partial charge < -0.3 is 16.0 Å². The molecule has 1 aliphatic heterocycles. The van der Waals surface area contributed by atoms with Gasteiger partial charge >= 0.3 is 0 Å². The first kappa shape index (κ1) is 18.5. The Balaban J connectivity index is 0.00000121. The van der Waals surface area contributed by atoms with E-state index in [4.69, 9.17) is 5.73 Å². The molecule has 0 bridgehead atoms. The number of H-pyrrole nitrogens is 1. The molecule has 5 nitrogen and oxygen atoms in total. The number of primary amides is 1. The first-order chi connectivity index (χ1) is 9.75. The van der Waals surface area contributed by atoms with Gasteiger partial charge in [0.05, 0.1) is 5.56 Å². The van der Waals surface area contributed by atoms with Crippen LogP contribution in [-0.2, 0) is 0 Å². The number of nitrogens with one attached hydrogen (secondary N) is 2. The van der Waals surface area contributed by atoms with Crippen molar-refractivity contribution in [3.8, 4) is 11.3 Å². The van der Waals surface area contributed by atoms with Crippen molar-refractivity contribution in [2.75, 3.05) is 13.1 Å². The Morgan fingerprint density at radius 3 is 2.41 bits per heavy atom. The second-order valence-electron chi connectivity index (χ2n) is 5.13. The maximum atomic E-state index is 11.7. The second-order valence-corrected chi connectivity index (χ2v) is 5.13. The molecule has 2 aromatic heterocycles. The fraction of sp³-hybridized carbons (Fsp3) is 0.333. The van der Waals surface area contributed by atoms with Crippen molar-refractivity contribution in [1.82, 2.24) is 15.3 Å². The van der Waals surface area contributed by atoms with Gasteiger partial charge in [0, 0.05) is 35.3 Å². The lowest BCUT2D eigenvalue weighted by Crippen LogP contribution is -2.28. The van der Waals surface area contributed by atoms with E-state index in [0.717, 1.165) is 42.9 Å². The third-order valence-electron chi connectivity index (χ3n) is 3.85. The van der Waals surface area contributed by atoms with Crippen molar-refractivity contribution in [2.45, 2.75) is 18.8 Å².